The number of carboxylic acid groups (broad SMARTS) is 1. The van der Waals surface area contributed by atoms with Gasteiger partial charge in [-0.3, -0.25) is 4.68 Å². The third-order valence-corrected chi connectivity index (χ3v) is 12.2. The summed E-state index contributed by atoms with van der Waals surface area (Å²) in [4.78, 5) is 22.4. The monoisotopic (exact) mass is 922 g/mol. The van der Waals surface area contributed by atoms with Crippen LogP contribution in [0.1, 0.15) is 111 Å². The molecular formula is C52H64Cl2N6O5. The average molecular weight is 924 g/mol. The van der Waals surface area contributed by atoms with Crippen molar-refractivity contribution in [2.24, 2.45) is 7.05 Å². The van der Waals surface area contributed by atoms with Crippen molar-refractivity contribution in [3.8, 4) is 22.3 Å². The summed E-state index contributed by atoms with van der Waals surface area (Å²) in [5, 5.41) is 18.2. The van der Waals surface area contributed by atoms with Crippen LogP contribution in [0.2, 0.25) is 10.0 Å². The molecule has 7 aromatic rings. The van der Waals surface area contributed by atoms with Gasteiger partial charge in [-0.25, -0.2) is 14.8 Å². The molecule has 7 rings (SSSR count). The maximum Gasteiger partial charge on any atom is 0.337 e. The smallest absolute Gasteiger partial charge is 0.337 e. The lowest BCUT2D eigenvalue weighted by atomic mass is 9.91. The van der Waals surface area contributed by atoms with E-state index in [4.69, 9.17) is 47.4 Å². The summed E-state index contributed by atoms with van der Waals surface area (Å²) in [6, 6.07) is 17.6. The van der Waals surface area contributed by atoms with Gasteiger partial charge >= 0.3 is 5.97 Å². The Balaban J connectivity index is 0.000000216. The molecule has 0 saturated heterocycles. The molecule has 5 aromatic heterocycles. The van der Waals surface area contributed by atoms with Crippen molar-refractivity contribution in [1.82, 2.24) is 28.9 Å². The average Bonchev–Trinajstić information content (AvgIpc) is 3.81. The molecule has 0 saturated carbocycles. The van der Waals surface area contributed by atoms with Crippen LogP contribution >= 0.6 is 23.2 Å². The standard InChI is InChI=1S/C27H33ClN4O.C25H31ClN2O4/c1-16-18(3)32(15-22-13-14-31(8)30-22)26-23(16)25(20-9-11-21(28)12-10-20)24(17(2)29-26)19(4)33-27(5,6)7;1-14-16(3)28(12-13-31-7)23-19(14)21(17-8-10-18(26)11-9-17)20(15(2)27-23)22(24(29)30)32-25(4,5)6/h9-14,19H,15H2,1-8H3;8-11,22H,12-13H2,1-7H3,(H,29,30)/t19-;22-/m10/s1. The molecule has 0 aliphatic rings. The fourth-order valence-electron chi connectivity index (χ4n) is 8.78. The fourth-order valence-corrected chi connectivity index (χ4v) is 9.03. The summed E-state index contributed by atoms with van der Waals surface area (Å²) in [5.41, 5.74) is 13.7. The van der Waals surface area contributed by atoms with Gasteiger partial charge in [-0.05, 0) is 143 Å². The highest BCUT2D eigenvalue weighted by atomic mass is 35.5. The molecule has 2 atom stereocenters. The van der Waals surface area contributed by atoms with E-state index in [1.807, 2.05) is 95.9 Å². The summed E-state index contributed by atoms with van der Waals surface area (Å²) in [7, 11) is 3.62. The molecule has 346 valence electrons. The van der Waals surface area contributed by atoms with E-state index in [-0.39, 0.29) is 11.7 Å². The first-order chi connectivity index (χ1) is 30.4. The minimum Gasteiger partial charge on any atom is -0.479 e. The Labute approximate surface area is 393 Å². The number of hydrogen-bond acceptors (Lipinski definition) is 7. The number of halogens is 2. The van der Waals surface area contributed by atoms with Gasteiger partial charge < -0.3 is 28.5 Å². The molecule has 0 amide bonds. The van der Waals surface area contributed by atoms with E-state index in [2.05, 4.69) is 80.9 Å². The predicted octanol–water partition coefficient (Wildman–Crippen LogP) is 12.8. The van der Waals surface area contributed by atoms with Crippen LogP contribution in [0.5, 0.6) is 0 Å². The number of nitrogens with zero attached hydrogens (tertiary/aromatic N) is 6. The number of aromatic nitrogens is 6. The summed E-state index contributed by atoms with van der Waals surface area (Å²) in [5.74, 6) is -1.05. The molecule has 0 aliphatic carbocycles. The van der Waals surface area contributed by atoms with Crippen molar-refractivity contribution >= 4 is 51.2 Å². The van der Waals surface area contributed by atoms with E-state index >= 15 is 0 Å². The van der Waals surface area contributed by atoms with Crippen LogP contribution in [0.25, 0.3) is 44.3 Å². The number of pyridine rings is 2. The zero-order chi connectivity index (χ0) is 47.9. The molecule has 0 fully saturated rings. The van der Waals surface area contributed by atoms with Gasteiger partial charge in [-0.15, -0.1) is 0 Å². The van der Waals surface area contributed by atoms with Gasteiger partial charge in [0.2, 0.25) is 0 Å². The van der Waals surface area contributed by atoms with Crippen molar-refractivity contribution < 1.29 is 24.1 Å². The third kappa shape index (κ3) is 10.7. The first-order valence-electron chi connectivity index (χ1n) is 22.0. The van der Waals surface area contributed by atoms with Crippen LogP contribution in [0.15, 0.2) is 60.8 Å². The topological polar surface area (TPSA) is 118 Å². The quantitative estimate of drug-likeness (QED) is 0.129. The van der Waals surface area contributed by atoms with Crippen LogP contribution in [-0.2, 0) is 39.1 Å². The van der Waals surface area contributed by atoms with Crippen molar-refractivity contribution in [3.05, 3.63) is 122 Å². The Morgan fingerprint density at radius 3 is 1.62 bits per heavy atom. The number of methoxy groups -OCH3 is 1. The first kappa shape index (κ1) is 49.4. The number of ether oxygens (including phenoxy) is 3. The number of aryl methyl sites for hydroxylation is 5. The lowest BCUT2D eigenvalue weighted by Gasteiger charge is -2.28. The number of carbonyl (C=O) groups is 1. The van der Waals surface area contributed by atoms with E-state index in [1.165, 1.54) is 16.8 Å². The van der Waals surface area contributed by atoms with Gasteiger partial charge in [-0.1, -0.05) is 47.5 Å². The van der Waals surface area contributed by atoms with Crippen LogP contribution in [0.4, 0.5) is 0 Å². The number of carboxylic acids is 1. The molecule has 0 unspecified atom stereocenters. The van der Waals surface area contributed by atoms with E-state index in [0.717, 1.165) is 72.0 Å². The van der Waals surface area contributed by atoms with Gasteiger partial charge in [0.05, 0.1) is 36.2 Å². The first-order valence-corrected chi connectivity index (χ1v) is 22.8. The van der Waals surface area contributed by atoms with Crippen LogP contribution in [-0.4, -0.2) is 64.9 Å². The van der Waals surface area contributed by atoms with Crippen LogP contribution in [0.3, 0.4) is 0 Å². The van der Waals surface area contributed by atoms with Crippen molar-refractivity contribution in [1.29, 1.82) is 0 Å². The lowest BCUT2D eigenvalue weighted by molar-refractivity contribution is -0.160. The minimum atomic E-state index is -1.17. The molecule has 11 nitrogen and oxygen atoms in total. The fraction of sp³-hybridized carbons (Fsp3) is 0.423. The second kappa shape index (κ2) is 19.4. The van der Waals surface area contributed by atoms with Crippen LogP contribution in [0, 0.1) is 41.5 Å². The number of fused-ring (bicyclic) bond motifs is 2. The molecule has 1 N–H and O–H groups in total. The molecule has 13 heteroatoms. The van der Waals surface area contributed by atoms with E-state index in [1.54, 1.807) is 7.11 Å². The maximum absolute atomic E-state index is 12.4. The van der Waals surface area contributed by atoms with Gasteiger partial charge in [0, 0.05) is 92.7 Å². The van der Waals surface area contributed by atoms with Crippen molar-refractivity contribution in [3.63, 3.8) is 0 Å². The predicted molar refractivity (Wildman–Crippen MR) is 263 cm³/mol. The Bertz CT molecular complexity index is 2840. The minimum absolute atomic E-state index is 0.119. The van der Waals surface area contributed by atoms with E-state index in [9.17, 15) is 9.90 Å². The SMILES string of the molecule is COCCn1c(C)c(C)c2c(-c3ccc(Cl)cc3)c([C@H](OC(C)(C)C)C(=O)O)c(C)nc21.Cc1nc2c(c(C)c(C)n2Cc2ccn(C)n2)c(-c2ccc(Cl)cc2)c1[C@@H](C)OC(C)(C)C. The lowest BCUT2D eigenvalue weighted by Crippen LogP contribution is -2.28. The van der Waals surface area contributed by atoms with Gasteiger partial charge in [0.1, 0.15) is 11.3 Å². The molecule has 5 heterocycles. The van der Waals surface area contributed by atoms with Gasteiger partial charge in [0.25, 0.3) is 0 Å². The molecular weight excluding hydrogens is 860 g/mol. The summed E-state index contributed by atoms with van der Waals surface area (Å²) in [6.45, 7) is 28.2. The zero-order valence-corrected chi connectivity index (χ0v) is 42.1. The van der Waals surface area contributed by atoms with Crippen molar-refractivity contribution in [2.75, 3.05) is 13.7 Å². The molecule has 0 spiro atoms. The van der Waals surface area contributed by atoms with E-state index in [0.29, 0.717) is 36.0 Å². The maximum atomic E-state index is 12.4. The normalized spacial score (nSPS) is 13.1. The number of hydrogen-bond donors (Lipinski definition) is 1. The zero-order valence-electron chi connectivity index (χ0n) is 40.6. The third-order valence-electron chi connectivity index (χ3n) is 11.7. The Morgan fingerprint density at radius 1 is 0.708 bits per heavy atom. The Morgan fingerprint density at radius 2 is 1.17 bits per heavy atom. The molecule has 0 bridgehead atoms. The van der Waals surface area contributed by atoms with Gasteiger partial charge in [-0.2, -0.15) is 5.10 Å². The molecule has 0 aliphatic heterocycles. The number of aliphatic carboxylic acids is 1. The number of benzene rings is 2. The molecule has 2 aromatic carbocycles. The second-order valence-corrected chi connectivity index (χ2v) is 19.7. The second-order valence-electron chi connectivity index (χ2n) is 18.8. The van der Waals surface area contributed by atoms with Gasteiger partial charge in [0.15, 0.2) is 6.10 Å². The highest BCUT2D eigenvalue weighted by Crippen LogP contribution is 2.44. The highest BCUT2D eigenvalue weighted by molar-refractivity contribution is 6.31. The summed E-state index contributed by atoms with van der Waals surface area (Å²) >= 11 is 12.4. The van der Waals surface area contributed by atoms with E-state index < -0.39 is 17.7 Å². The summed E-state index contributed by atoms with van der Waals surface area (Å²) < 4.78 is 24.0. The largest absolute Gasteiger partial charge is 0.479 e. The number of rotatable bonds is 12. The molecule has 0 radical (unpaired) electrons. The highest BCUT2D eigenvalue weighted by Gasteiger charge is 2.34. The van der Waals surface area contributed by atoms with Crippen molar-refractivity contribution in [2.45, 2.75) is 127 Å². The summed E-state index contributed by atoms with van der Waals surface area (Å²) in [6.07, 6.45) is 0.691. The Kier molecular flexibility index (Phi) is 14.8. The molecule has 65 heavy (non-hydrogen) atoms. The Hall–Kier alpha value is -5.04. The van der Waals surface area contributed by atoms with Crippen LogP contribution < -0.4 is 0 Å².